The number of H-pyrrole nitrogens is 1. The van der Waals surface area contributed by atoms with Crippen LogP contribution >= 0.6 is 0 Å². The van der Waals surface area contributed by atoms with Crippen LogP contribution in [0.5, 0.6) is 0 Å². The third-order valence-corrected chi connectivity index (χ3v) is 4.36. The average Bonchev–Trinajstić information content (AvgIpc) is 3.29. The molecule has 0 unspecified atom stereocenters. The summed E-state index contributed by atoms with van der Waals surface area (Å²) in [6.07, 6.45) is 3.05. The number of nitrogens with zero attached hydrogens (tertiary/aromatic N) is 3. The van der Waals surface area contributed by atoms with E-state index in [9.17, 15) is 10.1 Å². The number of aromatic amines is 1. The van der Waals surface area contributed by atoms with E-state index in [-0.39, 0.29) is 11.5 Å². The van der Waals surface area contributed by atoms with Crippen LogP contribution < -0.4 is 5.56 Å². The summed E-state index contributed by atoms with van der Waals surface area (Å²) in [5, 5.41) is 13.3. The van der Waals surface area contributed by atoms with E-state index in [1.807, 2.05) is 50.2 Å². The molecule has 6 heteroatoms. The van der Waals surface area contributed by atoms with Crippen LogP contribution in [0.2, 0.25) is 0 Å². The lowest BCUT2D eigenvalue weighted by atomic mass is 10.0. The topological polar surface area (TPSA) is 87.1 Å². The van der Waals surface area contributed by atoms with Gasteiger partial charge in [-0.1, -0.05) is 44.2 Å². The van der Waals surface area contributed by atoms with Crippen LogP contribution in [-0.4, -0.2) is 14.6 Å². The van der Waals surface area contributed by atoms with Gasteiger partial charge in [-0.05, 0) is 17.5 Å². The summed E-state index contributed by atoms with van der Waals surface area (Å²) in [5.41, 5.74) is 3.53. The van der Waals surface area contributed by atoms with Crippen molar-refractivity contribution in [3.8, 4) is 28.7 Å². The van der Waals surface area contributed by atoms with Gasteiger partial charge < -0.3 is 9.40 Å². The summed E-state index contributed by atoms with van der Waals surface area (Å²) >= 11 is 0. The van der Waals surface area contributed by atoms with E-state index in [1.165, 1.54) is 10.7 Å². The van der Waals surface area contributed by atoms with Crippen molar-refractivity contribution in [3.63, 3.8) is 0 Å². The number of aromatic nitrogens is 3. The van der Waals surface area contributed by atoms with Gasteiger partial charge in [0.15, 0.2) is 11.4 Å². The minimum absolute atomic E-state index is 0.0434. The first-order chi connectivity index (χ1) is 12.6. The first kappa shape index (κ1) is 15.9. The molecule has 0 saturated heterocycles. The Morgan fingerprint density at radius 3 is 2.69 bits per heavy atom. The van der Waals surface area contributed by atoms with Crippen LogP contribution in [0.15, 0.2) is 58.1 Å². The molecule has 0 aliphatic rings. The van der Waals surface area contributed by atoms with Crippen molar-refractivity contribution in [3.05, 3.63) is 70.3 Å². The molecule has 3 aromatic heterocycles. The molecule has 0 radical (unpaired) electrons. The van der Waals surface area contributed by atoms with Crippen LogP contribution in [0.1, 0.15) is 30.9 Å². The van der Waals surface area contributed by atoms with Gasteiger partial charge in [-0.15, -0.1) is 0 Å². The third kappa shape index (κ3) is 2.42. The molecule has 1 N–H and O–H groups in total. The van der Waals surface area contributed by atoms with Crippen LogP contribution in [0.25, 0.3) is 28.2 Å². The molecule has 1 aromatic carbocycles. The van der Waals surface area contributed by atoms with Gasteiger partial charge in [-0.2, -0.15) is 14.9 Å². The molecule has 4 aromatic rings. The number of nitrogens with one attached hydrogen (secondary N) is 1. The molecule has 0 bridgehead atoms. The normalized spacial score (nSPS) is 11.2. The zero-order valence-electron chi connectivity index (χ0n) is 14.4. The number of benzene rings is 1. The highest BCUT2D eigenvalue weighted by Gasteiger charge is 2.21. The molecule has 0 atom stereocenters. The van der Waals surface area contributed by atoms with Crippen LogP contribution in [0, 0.1) is 11.3 Å². The highest BCUT2D eigenvalue weighted by Crippen LogP contribution is 2.31. The third-order valence-electron chi connectivity index (χ3n) is 4.36. The monoisotopic (exact) mass is 344 g/mol. The summed E-state index contributed by atoms with van der Waals surface area (Å²) < 4.78 is 7.00. The molecule has 0 fully saturated rings. The van der Waals surface area contributed by atoms with Crippen molar-refractivity contribution in [1.29, 1.82) is 5.26 Å². The van der Waals surface area contributed by atoms with E-state index in [1.54, 1.807) is 6.26 Å². The number of rotatable bonds is 3. The maximum absolute atomic E-state index is 12.9. The van der Waals surface area contributed by atoms with Crippen molar-refractivity contribution in [1.82, 2.24) is 14.6 Å². The Kier molecular flexibility index (Phi) is 3.70. The van der Waals surface area contributed by atoms with Crippen molar-refractivity contribution in [2.45, 2.75) is 19.8 Å². The molecular weight excluding hydrogens is 328 g/mol. The second-order valence-electron chi connectivity index (χ2n) is 6.37. The van der Waals surface area contributed by atoms with Crippen LogP contribution in [0.4, 0.5) is 0 Å². The van der Waals surface area contributed by atoms with E-state index < -0.39 is 0 Å². The van der Waals surface area contributed by atoms with E-state index in [0.717, 1.165) is 11.1 Å². The van der Waals surface area contributed by atoms with Gasteiger partial charge in [-0.3, -0.25) is 4.79 Å². The molecule has 0 amide bonds. The highest BCUT2D eigenvalue weighted by atomic mass is 16.3. The largest absolute Gasteiger partial charge is 0.462 e. The summed E-state index contributed by atoms with van der Waals surface area (Å²) in [7, 11) is 0. The first-order valence-electron chi connectivity index (χ1n) is 8.28. The lowest BCUT2D eigenvalue weighted by molar-refractivity contribution is 0.578. The van der Waals surface area contributed by atoms with Gasteiger partial charge in [0, 0.05) is 11.1 Å². The van der Waals surface area contributed by atoms with Gasteiger partial charge in [0.05, 0.1) is 18.2 Å². The van der Waals surface area contributed by atoms with Gasteiger partial charge in [0.2, 0.25) is 0 Å². The van der Waals surface area contributed by atoms with E-state index in [0.29, 0.717) is 28.2 Å². The van der Waals surface area contributed by atoms with Gasteiger partial charge in [-0.25, -0.2) is 0 Å². The quantitative estimate of drug-likeness (QED) is 0.610. The molecule has 0 spiro atoms. The van der Waals surface area contributed by atoms with E-state index >= 15 is 0 Å². The van der Waals surface area contributed by atoms with Gasteiger partial charge >= 0.3 is 0 Å². The lowest BCUT2D eigenvalue weighted by Crippen LogP contribution is -2.22. The Hall–Kier alpha value is -3.59. The van der Waals surface area contributed by atoms with Crippen LogP contribution in [0.3, 0.4) is 0 Å². The number of hydrogen-bond donors (Lipinski definition) is 1. The molecule has 0 aliphatic carbocycles. The summed E-state index contributed by atoms with van der Waals surface area (Å²) in [4.78, 5) is 16.1. The first-order valence-corrected chi connectivity index (χ1v) is 8.28. The fourth-order valence-electron chi connectivity index (χ4n) is 3.09. The second kappa shape index (κ2) is 6.05. The number of fused-ring (bicyclic) bond motifs is 1. The summed E-state index contributed by atoms with van der Waals surface area (Å²) in [5.74, 6) is 0.510. The molecule has 4 rings (SSSR count). The standard InChI is InChI=1S/C20H16N4O2/c1-12(2)17-18(23-19-15(9-21)10-22-24(19)20(17)25)16-8-14(11-26-16)13-6-4-3-5-7-13/h3-8,10-12,23H,1-2H3. The lowest BCUT2D eigenvalue weighted by Gasteiger charge is -2.11. The Labute approximate surface area is 149 Å². The highest BCUT2D eigenvalue weighted by molar-refractivity contribution is 5.71. The molecule has 3 heterocycles. The Balaban J connectivity index is 1.96. The zero-order chi connectivity index (χ0) is 18.3. The molecular formula is C20H16N4O2. The smallest absolute Gasteiger partial charge is 0.278 e. The van der Waals surface area contributed by atoms with Crippen LogP contribution in [-0.2, 0) is 0 Å². The summed E-state index contributed by atoms with van der Waals surface area (Å²) in [6.45, 7) is 3.88. The van der Waals surface area contributed by atoms with Crippen molar-refractivity contribution in [2.75, 3.05) is 0 Å². The predicted octanol–water partition coefficient (Wildman–Crippen LogP) is 3.94. The molecule has 26 heavy (non-hydrogen) atoms. The fraction of sp³-hybridized carbons (Fsp3) is 0.150. The Morgan fingerprint density at radius 1 is 1.23 bits per heavy atom. The van der Waals surface area contributed by atoms with Crippen molar-refractivity contribution in [2.24, 2.45) is 0 Å². The molecule has 0 aliphatic heterocycles. The van der Waals surface area contributed by atoms with Crippen molar-refractivity contribution >= 4 is 5.65 Å². The molecule has 6 nitrogen and oxygen atoms in total. The maximum atomic E-state index is 12.9. The second-order valence-corrected chi connectivity index (χ2v) is 6.37. The molecule has 0 saturated carbocycles. The number of hydrogen-bond acceptors (Lipinski definition) is 4. The minimum Gasteiger partial charge on any atom is -0.462 e. The zero-order valence-corrected chi connectivity index (χ0v) is 14.4. The average molecular weight is 344 g/mol. The fourth-order valence-corrected chi connectivity index (χ4v) is 3.09. The Bertz CT molecular complexity index is 1190. The van der Waals surface area contributed by atoms with Crippen molar-refractivity contribution < 1.29 is 4.42 Å². The van der Waals surface area contributed by atoms with E-state index in [4.69, 9.17) is 4.42 Å². The van der Waals surface area contributed by atoms with Gasteiger partial charge in [0.1, 0.15) is 11.6 Å². The number of nitriles is 1. The SMILES string of the molecule is CC(C)c1c(-c2cc(-c3ccccc3)co2)[nH]c2c(C#N)cnn2c1=O. The number of furan rings is 1. The Morgan fingerprint density at radius 2 is 2.00 bits per heavy atom. The molecule has 128 valence electrons. The predicted molar refractivity (Wildman–Crippen MR) is 97.8 cm³/mol. The van der Waals surface area contributed by atoms with E-state index in [2.05, 4.69) is 16.2 Å². The minimum atomic E-state index is -0.247. The summed E-state index contributed by atoms with van der Waals surface area (Å²) in [6, 6.07) is 13.8. The maximum Gasteiger partial charge on any atom is 0.278 e. The van der Waals surface area contributed by atoms with Gasteiger partial charge in [0.25, 0.3) is 5.56 Å².